The number of anilines is 1. The van der Waals surface area contributed by atoms with Crippen molar-refractivity contribution < 1.29 is 0 Å². The quantitative estimate of drug-likeness (QED) is 0.780. The molecule has 0 aliphatic rings. The van der Waals surface area contributed by atoms with E-state index in [0.29, 0.717) is 0 Å². The topological polar surface area (TPSA) is 55.6 Å². The molecule has 1 aromatic heterocycles. The van der Waals surface area contributed by atoms with E-state index >= 15 is 0 Å². The summed E-state index contributed by atoms with van der Waals surface area (Å²) < 4.78 is 1.81. The lowest BCUT2D eigenvalue weighted by atomic mass is 9.97. The molecule has 0 fully saturated rings. The molecule has 3 aromatic rings. The molecule has 1 atom stereocenters. The highest BCUT2D eigenvalue weighted by molar-refractivity contribution is 5.46. The number of hydrogen-bond acceptors (Lipinski definition) is 4. The summed E-state index contributed by atoms with van der Waals surface area (Å²) in [5, 5.41) is 16.0. The van der Waals surface area contributed by atoms with E-state index in [4.69, 9.17) is 0 Å². The van der Waals surface area contributed by atoms with Gasteiger partial charge in [-0.05, 0) is 60.5 Å². The van der Waals surface area contributed by atoms with Crippen LogP contribution in [0.1, 0.15) is 31.7 Å². The van der Waals surface area contributed by atoms with E-state index in [-0.39, 0.29) is 5.54 Å². The van der Waals surface area contributed by atoms with Crippen molar-refractivity contribution in [2.75, 3.05) is 5.32 Å². The van der Waals surface area contributed by atoms with Gasteiger partial charge in [0.25, 0.3) is 0 Å². The van der Waals surface area contributed by atoms with Gasteiger partial charge < -0.3 is 5.32 Å². The molecule has 5 nitrogen and oxygen atoms in total. The number of tetrazole rings is 1. The van der Waals surface area contributed by atoms with Crippen LogP contribution in [0, 0.1) is 6.92 Å². The van der Waals surface area contributed by atoms with Crippen LogP contribution >= 0.6 is 0 Å². The van der Waals surface area contributed by atoms with Gasteiger partial charge in [-0.1, -0.05) is 37.3 Å². The van der Waals surface area contributed by atoms with Gasteiger partial charge >= 0.3 is 0 Å². The SMILES string of the molecule is CC[C@@](C)(Nc1ccccc1)c1nnnn1-c1cccc(C)c1. The first-order chi connectivity index (χ1) is 11.1. The predicted molar refractivity (Wildman–Crippen MR) is 91.6 cm³/mol. The second kappa shape index (κ2) is 6.20. The van der Waals surface area contributed by atoms with Crippen LogP contribution < -0.4 is 5.32 Å². The first-order valence-corrected chi connectivity index (χ1v) is 7.81. The van der Waals surface area contributed by atoms with Crippen LogP contribution in [-0.4, -0.2) is 20.2 Å². The monoisotopic (exact) mass is 307 g/mol. The molecule has 2 aromatic carbocycles. The summed E-state index contributed by atoms with van der Waals surface area (Å²) in [6.07, 6.45) is 0.855. The summed E-state index contributed by atoms with van der Waals surface area (Å²) in [6, 6.07) is 18.3. The minimum absolute atomic E-state index is 0.366. The van der Waals surface area contributed by atoms with Crippen molar-refractivity contribution in [2.24, 2.45) is 0 Å². The molecule has 0 radical (unpaired) electrons. The maximum Gasteiger partial charge on any atom is 0.181 e. The zero-order chi connectivity index (χ0) is 16.3. The fourth-order valence-electron chi connectivity index (χ4n) is 2.61. The van der Waals surface area contributed by atoms with Crippen LogP contribution in [0.25, 0.3) is 5.69 Å². The van der Waals surface area contributed by atoms with E-state index in [9.17, 15) is 0 Å². The number of aryl methyl sites for hydroxylation is 1. The highest BCUT2D eigenvalue weighted by atomic mass is 15.6. The summed E-state index contributed by atoms with van der Waals surface area (Å²) in [5.74, 6) is 0.800. The Hall–Kier alpha value is -2.69. The summed E-state index contributed by atoms with van der Waals surface area (Å²) in [4.78, 5) is 0. The van der Waals surface area contributed by atoms with Gasteiger partial charge in [0.15, 0.2) is 5.82 Å². The number of rotatable bonds is 5. The van der Waals surface area contributed by atoms with Gasteiger partial charge in [0.1, 0.15) is 0 Å². The summed E-state index contributed by atoms with van der Waals surface area (Å²) in [7, 11) is 0. The number of nitrogens with zero attached hydrogens (tertiary/aromatic N) is 4. The van der Waals surface area contributed by atoms with E-state index in [1.807, 2.05) is 35.0 Å². The molecule has 1 heterocycles. The molecule has 0 aliphatic carbocycles. The molecule has 0 unspecified atom stereocenters. The number of aromatic nitrogens is 4. The summed E-state index contributed by atoms with van der Waals surface area (Å²) in [6.45, 7) is 6.32. The van der Waals surface area contributed by atoms with Gasteiger partial charge in [0.05, 0.1) is 11.2 Å². The fraction of sp³-hybridized carbons (Fsp3) is 0.278. The van der Waals surface area contributed by atoms with Gasteiger partial charge in [0, 0.05) is 5.69 Å². The van der Waals surface area contributed by atoms with Crippen LogP contribution in [-0.2, 0) is 5.54 Å². The van der Waals surface area contributed by atoms with Crippen molar-refractivity contribution in [3.05, 3.63) is 66.0 Å². The Balaban J connectivity index is 2.01. The molecule has 0 amide bonds. The molecule has 5 heteroatoms. The van der Waals surface area contributed by atoms with Crippen molar-refractivity contribution in [3.63, 3.8) is 0 Å². The molecule has 0 saturated heterocycles. The molecule has 118 valence electrons. The third-order valence-electron chi connectivity index (χ3n) is 4.11. The average Bonchev–Trinajstić information content (AvgIpc) is 3.06. The maximum atomic E-state index is 4.30. The molecule has 0 aliphatic heterocycles. The van der Waals surface area contributed by atoms with Crippen molar-refractivity contribution in [2.45, 2.75) is 32.7 Å². The molecule has 0 saturated carbocycles. The predicted octanol–water partition coefficient (Wildman–Crippen LogP) is 3.71. The molecule has 0 bridgehead atoms. The number of para-hydroxylation sites is 1. The largest absolute Gasteiger partial charge is 0.373 e. The molecular formula is C18H21N5. The minimum Gasteiger partial charge on any atom is -0.373 e. The van der Waals surface area contributed by atoms with Crippen LogP contribution in [0.3, 0.4) is 0 Å². The van der Waals surface area contributed by atoms with Gasteiger partial charge in [-0.3, -0.25) is 0 Å². The standard InChI is InChI=1S/C18H21N5/c1-4-18(3,19-15-10-6-5-7-11-15)17-20-21-22-23(17)16-12-8-9-14(2)13-16/h5-13,19H,4H2,1-3H3/t18-/m1/s1. The Labute approximate surface area is 136 Å². The second-order valence-electron chi connectivity index (χ2n) is 5.93. The highest BCUT2D eigenvalue weighted by Crippen LogP contribution is 2.28. The molecule has 0 spiro atoms. The van der Waals surface area contributed by atoms with Crippen molar-refractivity contribution in [1.29, 1.82) is 0 Å². The van der Waals surface area contributed by atoms with Crippen molar-refractivity contribution >= 4 is 5.69 Å². The average molecular weight is 307 g/mol. The van der Waals surface area contributed by atoms with Crippen molar-refractivity contribution in [1.82, 2.24) is 20.2 Å². The van der Waals surface area contributed by atoms with E-state index < -0.39 is 0 Å². The Morgan fingerprint density at radius 3 is 2.57 bits per heavy atom. The molecule has 1 N–H and O–H groups in total. The summed E-state index contributed by atoms with van der Waals surface area (Å²) in [5.41, 5.74) is 2.84. The fourth-order valence-corrected chi connectivity index (χ4v) is 2.61. The van der Waals surface area contributed by atoms with Crippen molar-refractivity contribution in [3.8, 4) is 5.69 Å². The van der Waals surface area contributed by atoms with E-state index in [0.717, 1.165) is 23.6 Å². The zero-order valence-corrected chi connectivity index (χ0v) is 13.7. The Morgan fingerprint density at radius 2 is 1.87 bits per heavy atom. The third kappa shape index (κ3) is 3.08. The number of nitrogens with one attached hydrogen (secondary N) is 1. The highest BCUT2D eigenvalue weighted by Gasteiger charge is 2.31. The Kier molecular flexibility index (Phi) is 4.10. The molecular weight excluding hydrogens is 286 g/mol. The van der Waals surface area contributed by atoms with Crippen LogP contribution in [0.4, 0.5) is 5.69 Å². The van der Waals surface area contributed by atoms with Crippen LogP contribution in [0.5, 0.6) is 0 Å². The first-order valence-electron chi connectivity index (χ1n) is 7.81. The van der Waals surface area contributed by atoms with E-state index in [2.05, 4.69) is 65.9 Å². The van der Waals surface area contributed by atoms with E-state index in [1.54, 1.807) is 0 Å². The Bertz CT molecular complexity index is 781. The van der Waals surface area contributed by atoms with Gasteiger partial charge in [-0.15, -0.1) is 5.10 Å². The third-order valence-corrected chi connectivity index (χ3v) is 4.11. The van der Waals surface area contributed by atoms with Crippen LogP contribution in [0.15, 0.2) is 54.6 Å². The van der Waals surface area contributed by atoms with Crippen LogP contribution in [0.2, 0.25) is 0 Å². The zero-order valence-electron chi connectivity index (χ0n) is 13.7. The lowest BCUT2D eigenvalue weighted by Crippen LogP contribution is -2.34. The number of benzene rings is 2. The van der Waals surface area contributed by atoms with Gasteiger partial charge in [-0.2, -0.15) is 4.68 Å². The molecule has 23 heavy (non-hydrogen) atoms. The number of hydrogen-bond donors (Lipinski definition) is 1. The lowest BCUT2D eigenvalue weighted by Gasteiger charge is -2.29. The minimum atomic E-state index is -0.366. The smallest absolute Gasteiger partial charge is 0.181 e. The first kappa shape index (κ1) is 15.2. The van der Waals surface area contributed by atoms with Gasteiger partial charge in [-0.25, -0.2) is 0 Å². The lowest BCUT2D eigenvalue weighted by molar-refractivity contribution is 0.474. The Morgan fingerprint density at radius 1 is 1.09 bits per heavy atom. The summed E-state index contributed by atoms with van der Waals surface area (Å²) >= 11 is 0. The maximum absolute atomic E-state index is 4.30. The molecule has 3 rings (SSSR count). The normalized spacial score (nSPS) is 13.5. The van der Waals surface area contributed by atoms with Gasteiger partial charge in [0.2, 0.25) is 0 Å². The van der Waals surface area contributed by atoms with E-state index in [1.165, 1.54) is 5.56 Å². The second-order valence-corrected chi connectivity index (χ2v) is 5.93.